The van der Waals surface area contributed by atoms with Crippen molar-refractivity contribution in [1.29, 1.82) is 5.26 Å². The number of benzene rings is 1. The molecule has 0 atom stereocenters. The number of rotatable bonds is 6. The fourth-order valence-corrected chi connectivity index (χ4v) is 1.49. The van der Waals surface area contributed by atoms with E-state index in [2.05, 4.69) is 11.9 Å². The van der Waals surface area contributed by atoms with Crippen molar-refractivity contribution in [1.82, 2.24) is 5.32 Å². The summed E-state index contributed by atoms with van der Waals surface area (Å²) in [5.41, 5.74) is 1.38. The summed E-state index contributed by atoms with van der Waals surface area (Å²) in [4.78, 5) is 22.1. The van der Waals surface area contributed by atoms with Gasteiger partial charge in [0.25, 0.3) is 0 Å². The highest BCUT2D eigenvalue weighted by atomic mass is 16.4. The van der Waals surface area contributed by atoms with Crippen LogP contribution in [0.4, 0.5) is 0 Å². The van der Waals surface area contributed by atoms with Crippen LogP contribution in [-0.2, 0) is 9.59 Å². The highest BCUT2D eigenvalue weighted by Crippen LogP contribution is 2.11. The van der Waals surface area contributed by atoms with Crippen molar-refractivity contribution in [3.05, 3.63) is 53.6 Å². The SMILES string of the molecule is C=CC(=O)NCC/C(=C\c1ccc(C#N)cc1)C(=O)O. The number of hydrogen-bond acceptors (Lipinski definition) is 3. The molecule has 0 bridgehead atoms. The van der Waals surface area contributed by atoms with E-state index in [1.807, 2.05) is 6.07 Å². The van der Waals surface area contributed by atoms with Crippen molar-refractivity contribution in [2.75, 3.05) is 6.54 Å². The second-order valence-corrected chi connectivity index (χ2v) is 3.95. The van der Waals surface area contributed by atoms with Gasteiger partial charge in [-0.05, 0) is 36.3 Å². The number of carbonyl (C=O) groups excluding carboxylic acids is 1. The molecular weight excluding hydrogens is 256 g/mol. The van der Waals surface area contributed by atoms with Gasteiger partial charge in [-0.1, -0.05) is 18.7 Å². The molecule has 0 spiro atoms. The molecule has 0 saturated heterocycles. The Hall–Kier alpha value is -2.87. The van der Waals surface area contributed by atoms with E-state index >= 15 is 0 Å². The lowest BCUT2D eigenvalue weighted by Gasteiger charge is -2.04. The molecule has 2 N–H and O–H groups in total. The molecule has 0 heterocycles. The fourth-order valence-electron chi connectivity index (χ4n) is 1.49. The van der Waals surface area contributed by atoms with E-state index in [9.17, 15) is 9.59 Å². The average Bonchev–Trinajstić information content (AvgIpc) is 2.46. The molecule has 1 aromatic carbocycles. The van der Waals surface area contributed by atoms with Gasteiger partial charge in [0.1, 0.15) is 0 Å². The van der Waals surface area contributed by atoms with Crippen molar-refractivity contribution in [2.45, 2.75) is 6.42 Å². The Kier molecular flexibility index (Phi) is 5.73. The third-order valence-electron chi connectivity index (χ3n) is 2.53. The van der Waals surface area contributed by atoms with Gasteiger partial charge in [0, 0.05) is 12.1 Å². The first-order valence-electron chi connectivity index (χ1n) is 5.91. The van der Waals surface area contributed by atoms with Gasteiger partial charge in [-0.25, -0.2) is 4.79 Å². The highest BCUT2D eigenvalue weighted by molar-refractivity contribution is 5.92. The highest BCUT2D eigenvalue weighted by Gasteiger charge is 2.07. The molecule has 5 nitrogen and oxygen atoms in total. The fraction of sp³-hybridized carbons (Fsp3) is 0.133. The van der Waals surface area contributed by atoms with E-state index in [-0.39, 0.29) is 24.4 Å². The second kappa shape index (κ2) is 7.54. The maximum absolute atomic E-state index is 11.1. The van der Waals surface area contributed by atoms with Gasteiger partial charge >= 0.3 is 5.97 Å². The van der Waals surface area contributed by atoms with Gasteiger partial charge < -0.3 is 10.4 Å². The predicted molar refractivity (Wildman–Crippen MR) is 74.6 cm³/mol. The minimum Gasteiger partial charge on any atom is -0.478 e. The number of carbonyl (C=O) groups is 2. The maximum Gasteiger partial charge on any atom is 0.331 e. The molecular formula is C15H14N2O3. The van der Waals surface area contributed by atoms with Crippen molar-refractivity contribution in [3.8, 4) is 6.07 Å². The summed E-state index contributed by atoms with van der Waals surface area (Å²) in [6, 6.07) is 8.56. The molecule has 0 radical (unpaired) electrons. The Balaban J connectivity index is 2.76. The minimum atomic E-state index is -1.04. The standard InChI is InChI=1S/C15H14N2O3/c1-2-14(18)17-8-7-13(15(19)20)9-11-3-5-12(10-16)6-4-11/h2-6,9H,1,7-8H2,(H,17,18)(H,19,20)/b13-9+. The van der Waals surface area contributed by atoms with Crippen molar-refractivity contribution >= 4 is 18.0 Å². The Morgan fingerprint density at radius 2 is 2.00 bits per heavy atom. The van der Waals surface area contributed by atoms with Crippen LogP contribution < -0.4 is 5.32 Å². The lowest BCUT2D eigenvalue weighted by molar-refractivity contribution is -0.132. The molecule has 0 aromatic heterocycles. The van der Waals surface area contributed by atoms with Crippen LogP contribution in [0.1, 0.15) is 17.5 Å². The zero-order valence-electron chi connectivity index (χ0n) is 10.8. The number of aliphatic carboxylic acids is 1. The first-order valence-corrected chi connectivity index (χ1v) is 5.91. The molecule has 0 aliphatic carbocycles. The van der Waals surface area contributed by atoms with Crippen LogP contribution >= 0.6 is 0 Å². The zero-order chi connectivity index (χ0) is 15.0. The molecule has 1 aromatic rings. The Morgan fingerprint density at radius 1 is 1.35 bits per heavy atom. The Bertz CT molecular complexity index is 580. The average molecular weight is 270 g/mol. The smallest absolute Gasteiger partial charge is 0.331 e. The molecule has 0 aliphatic heterocycles. The van der Waals surface area contributed by atoms with E-state index in [1.54, 1.807) is 24.3 Å². The third-order valence-corrected chi connectivity index (χ3v) is 2.53. The number of nitrogens with zero attached hydrogens (tertiary/aromatic N) is 1. The molecule has 102 valence electrons. The molecule has 0 aliphatic rings. The van der Waals surface area contributed by atoms with Crippen molar-refractivity contribution < 1.29 is 14.7 Å². The van der Waals surface area contributed by atoms with Crippen LogP contribution in [0.15, 0.2) is 42.5 Å². The summed E-state index contributed by atoms with van der Waals surface area (Å²) in [5.74, 6) is -1.38. The zero-order valence-corrected chi connectivity index (χ0v) is 10.8. The van der Waals surface area contributed by atoms with Gasteiger partial charge in [-0.3, -0.25) is 4.79 Å². The van der Waals surface area contributed by atoms with E-state index in [1.165, 1.54) is 6.08 Å². The van der Waals surface area contributed by atoms with E-state index in [0.29, 0.717) is 11.1 Å². The van der Waals surface area contributed by atoms with Gasteiger partial charge in [0.15, 0.2) is 0 Å². The van der Waals surface area contributed by atoms with Crippen LogP contribution in [0.5, 0.6) is 0 Å². The topological polar surface area (TPSA) is 90.2 Å². The second-order valence-electron chi connectivity index (χ2n) is 3.95. The minimum absolute atomic E-state index is 0.180. The van der Waals surface area contributed by atoms with Gasteiger partial charge in [0.05, 0.1) is 11.6 Å². The van der Waals surface area contributed by atoms with Gasteiger partial charge in [-0.2, -0.15) is 5.26 Å². The number of nitrogens with one attached hydrogen (secondary N) is 1. The van der Waals surface area contributed by atoms with Crippen LogP contribution in [-0.4, -0.2) is 23.5 Å². The first-order chi connectivity index (χ1) is 9.56. The Labute approximate surface area is 116 Å². The number of amides is 1. The van der Waals surface area contributed by atoms with Crippen molar-refractivity contribution in [2.24, 2.45) is 0 Å². The van der Waals surface area contributed by atoms with Crippen molar-refractivity contribution in [3.63, 3.8) is 0 Å². The lowest BCUT2D eigenvalue weighted by Crippen LogP contribution is -2.23. The molecule has 0 fully saturated rings. The van der Waals surface area contributed by atoms with E-state index in [0.717, 1.165) is 6.08 Å². The van der Waals surface area contributed by atoms with Gasteiger partial charge in [-0.15, -0.1) is 0 Å². The number of carboxylic acid groups (broad SMARTS) is 1. The molecule has 1 rings (SSSR count). The largest absolute Gasteiger partial charge is 0.478 e. The Morgan fingerprint density at radius 3 is 2.50 bits per heavy atom. The van der Waals surface area contributed by atoms with Crippen LogP contribution in [0.25, 0.3) is 6.08 Å². The maximum atomic E-state index is 11.1. The summed E-state index contributed by atoms with van der Waals surface area (Å²) >= 11 is 0. The predicted octanol–water partition coefficient (Wildman–Crippen LogP) is 1.72. The summed E-state index contributed by atoms with van der Waals surface area (Å²) in [7, 11) is 0. The molecule has 20 heavy (non-hydrogen) atoms. The van der Waals surface area contributed by atoms with Gasteiger partial charge in [0.2, 0.25) is 5.91 Å². The molecule has 0 unspecified atom stereocenters. The van der Waals surface area contributed by atoms with Crippen LogP contribution in [0.2, 0.25) is 0 Å². The summed E-state index contributed by atoms with van der Waals surface area (Å²) < 4.78 is 0. The number of hydrogen-bond donors (Lipinski definition) is 2. The monoisotopic (exact) mass is 270 g/mol. The van der Waals surface area contributed by atoms with Crippen LogP contribution in [0, 0.1) is 11.3 Å². The quantitative estimate of drug-likeness (QED) is 0.770. The summed E-state index contributed by atoms with van der Waals surface area (Å²) in [6.45, 7) is 3.53. The molecule has 5 heteroatoms. The normalized spacial score (nSPS) is 10.4. The number of carboxylic acids is 1. The summed E-state index contributed by atoms with van der Waals surface area (Å²) in [5, 5.41) is 20.3. The van der Waals surface area contributed by atoms with E-state index in [4.69, 9.17) is 10.4 Å². The lowest BCUT2D eigenvalue weighted by atomic mass is 10.1. The van der Waals surface area contributed by atoms with Crippen LogP contribution in [0.3, 0.4) is 0 Å². The molecule has 0 saturated carbocycles. The number of nitriles is 1. The first kappa shape index (κ1) is 15.2. The molecule has 1 amide bonds. The third kappa shape index (κ3) is 4.78. The summed E-state index contributed by atoms with van der Waals surface area (Å²) in [6.07, 6.45) is 2.85. The van der Waals surface area contributed by atoms with E-state index < -0.39 is 5.97 Å².